The van der Waals surface area contributed by atoms with Crippen LogP contribution in [0.25, 0.3) is 12.2 Å². The van der Waals surface area contributed by atoms with E-state index >= 15 is 0 Å². The number of aromatic nitrogens is 3. The van der Waals surface area contributed by atoms with Crippen LogP contribution in [-0.4, -0.2) is 15.2 Å². The topological polar surface area (TPSA) is 61.0 Å². The van der Waals surface area contributed by atoms with E-state index in [0.29, 0.717) is 23.8 Å². The molecule has 168 valence electrons. The molecule has 2 aromatic heterocycles. The Bertz CT molecular complexity index is 1190. The third-order valence-electron chi connectivity index (χ3n) is 5.22. The van der Waals surface area contributed by atoms with Gasteiger partial charge in [-0.15, -0.1) is 0 Å². The summed E-state index contributed by atoms with van der Waals surface area (Å²) in [6, 6.07) is 17.1. The predicted molar refractivity (Wildman–Crippen MR) is 126 cm³/mol. The zero-order valence-electron chi connectivity index (χ0n) is 18.6. The molecule has 0 amide bonds. The molecule has 4 rings (SSSR count). The van der Waals surface area contributed by atoms with E-state index in [1.165, 1.54) is 11.6 Å². The van der Waals surface area contributed by atoms with Gasteiger partial charge in [-0.2, -0.15) is 10.2 Å². The highest BCUT2D eigenvalue weighted by atomic mass is 19.1. The summed E-state index contributed by atoms with van der Waals surface area (Å²) in [5.41, 5.74) is 4.36. The number of rotatable bonds is 10. The largest absolute Gasteiger partial charge is 0.487 e. The van der Waals surface area contributed by atoms with Gasteiger partial charge in [0.25, 0.3) is 0 Å². The number of aryl methyl sites for hydroxylation is 3. The van der Waals surface area contributed by atoms with Crippen molar-refractivity contribution in [3.05, 3.63) is 107 Å². The Kier molecular flexibility index (Phi) is 7.59. The maximum Gasteiger partial charge on any atom is 0.218 e. The van der Waals surface area contributed by atoms with Gasteiger partial charge in [0.15, 0.2) is 0 Å². The molecule has 0 saturated heterocycles. The van der Waals surface area contributed by atoms with Gasteiger partial charge < -0.3 is 9.15 Å². The molecular formula is C27H26FN3O2. The van der Waals surface area contributed by atoms with Crippen LogP contribution in [0.3, 0.4) is 0 Å². The standard InChI is InChI=1S/C27H26FN3O2/c1-20-8-11-22(26(28)17-20)12-15-27-30-24(19-33-27)18-32-25-13-9-21(10-14-25)5-2-3-6-23-7-4-16-29-31-23/h4,7-17,19H,2-3,5-6,18H2,1H3/b15-12+. The van der Waals surface area contributed by atoms with Crippen molar-refractivity contribution in [2.24, 2.45) is 0 Å². The van der Waals surface area contributed by atoms with E-state index in [9.17, 15) is 4.39 Å². The van der Waals surface area contributed by atoms with Gasteiger partial charge in [-0.05, 0) is 80.1 Å². The Labute approximate surface area is 193 Å². The molecule has 6 heteroatoms. The van der Waals surface area contributed by atoms with E-state index < -0.39 is 0 Å². The quantitative estimate of drug-likeness (QED) is 0.272. The first-order chi connectivity index (χ1) is 16.2. The first-order valence-electron chi connectivity index (χ1n) is 11.0. The molecule has 33 heavy (non-hydrogen) atoms. The average Bonchev–Trinajstić information content (AvgIpc) is 3.29. The summed E-state index contributed by atoms with van der Waals surface area (Å²) in [6.45, 7) is 2.15. The molecule has 0 N–H and O–H groups in total. The predicted octanol–water partition coefficient (Wildman–Crippen LogP) is 6.23. The number of hydrogen-bond acceptors (Lipinski definition) is 5. The maximum absolute atomic E-state index is 13.9. The zero-order chi connectivity index (χ0) is 22.9. The second kappa shape index (κ2) is 11.2. The molecule has 0 radical (unpaired) electrons. The molecule has 0 unspecified atom stereocenters. The molecule has 2 heterocycles. The molecule has 0 saturated carbocycles. The number of benzene rings is 2. The number of halogens is 1. The SMILES string of the molecule is Cc1ccc(/C=C/c2nc(COc3ccc(CCCCc4cccnn4)cc3)co2)c(F)c1. The van der Waals surface area contributed by atoms with Crippen molar-refractivity contribution in [1.29, 1.82) is 0 Å². The van der Waals surface area contributed by atoms with E-state index in [1.807, 2.05) is 37.3 Å². The van der Waals surface area contributed by atoms with Crippen LogP contribution in [0, 0.1) is 12.7 Å². The fraction of sp³-hybridized carbons (Fsp3) is 0.222. The molecule has 2 aromatic carbocycles. The first kappa shape index (κ1) is 22.4. The van der Waals surface area contributed by atoms with Crippen molar-refractivity contribution in [3.63, 3.8) is 0 Å². The smallest absolute Gasteiger partial charge is 0.218 e. The Hall–Kier alpha value is -3.80. The average molecular weight is 444 g/mol. The van der Waals surface area contributed by atoms with Gasteiger partial charge in [0.2, 0.25) is 5.89 Å². The Morgan fingerprint density at radius 3 is 2.61 bits per heavy atom. The lowest BCUT2D eigenvalue weighted by molar-refractivity contribution is 0.301. The fourth-order valence-electron chi connectivity index (χ4n) is 3.41. The molecule has 0 atom stereocenters. The van der Waals surface area contributed by atoms with E-state index in [0.717, 1.165) is 42.7 Å². The van der Waals surface area contributed by atoms with E-state index in [1.54, 1.807) is 30.7 Å². The summed E-state index contributed by atoms with van der Waals surface area (Å²) < 4.78 is 25.2. The van der Waals surface area contributed by atoms with Gasteiger partial charge in [0, 0.05) is 17.8 Å². The van der Waals surface area contributed by atoms with E-state index in [4.69, 9.17) is 9.15 Å². The van der Waals surface area contributed by atoms with Gasteiger partial charge in [-0.25, -0.2) is 9.37 Å². The van der Waals surface area contributed by atoms with Crippen LogP contribution in [-0.2, 0) is 19.4 Å². The van der Waals surface area contributed by atoms with Crippen LogP contribution >= 0.6 is 0 Å². The van der Waals surface area contributed by atoms with Gasteiger partial charge in [-0.1, -0.05) is 24.3 Å². The number of nitrogens with zero attached hydrogens (tertiary/aromatic N) is 3. The molecule has 0 aliphatic rings. The monoisotopic (exact) mass is 443 g/mol. The van der Waals surface area contributed by atoms with Crippen molar-refractivity contribution < 1.29 is 13.5 Å². The van der Waals surface area contributed by atoms with Gasteiger partial charge in [0.1, 0.15) is 30.1 Å². The fourth-order valence-corrected chi connectivity index (χ4v) is 3.41. The second-order valence-corrected chi connectivity index (χ2v) is 7.89. The first-order valence-corrected chi connectivity index (χ1v) is 11.0. The molecular weight excluding hydrogens is 417 g/mol. The zero-order valence-corrected chi connectivity index (χ0v) is 18.6. The molecule has 0 spiro atoms. The third kappa shape index (κ3) is 6.84. The normalized spacial score (nSPS) is 11.2. The molecule has 0 aliphatic heterocycles. The summed E-state index contributed by atoms with van der Waals surface area (Å²) in [5, 5.41) is 8.02. The highest BCUT2D eigenvalue weighted by molar-refractivity contribution is 5.66. The van der Waals surface area contributed by atoms with Gasteiger partial charge >= 0.3 is 0 Å². The van der Waals surface area contributed by atoms with Gasteiger partial charge in [0.05, 0.1) is 5.69 Å². The minimum Gasteiger partial charge on any atom is -0.487 e. The highest BCUT2D eigenvalue weighted by Crippen LogP contribution is 2.17. The second-order valence-electron chi connectivity index (χ2n) is 7.89. The van der Waals surface area contributed by atoms with Crippen LogP contribution in [0.2, 0.25) is 0 Å². The number of oxazole rings is 1. The van der Waals surface area contributed by atoms with Gasteiger partial charge in [-0.3, -0.25) is 0 Å². The maximum atomic E-state index is 13.9. The minimum atomic E-state index is -0.268. The van der Waals surface area contributed by atoms with Crippen molar-refractivity contribution in [1.82, 2.24) is 15.2 Å². The lowest BCUT2D eigenvalue weighted by Crippen LogP contribution is -1.96. The number of unbranched alkanes of at least 4 members (excludes halogenated alkanes) is 1. The third-order valence-corrected chi connectivity index (χ3v) is 5.22. The van der Waals surface area contributed by atoms with Crippen molar-refractivity contribution in [2.75, 3.05) is 0 Å². The molecule has 0 aliphatic carbocycles. The van der Waals surface area contributed by atoms with Crippen molar-refractivity contribution in [2.45, 2.75) is 39.2 Å². The number of ether oxygens (including phenoxy) is 1. The Morgan fingerprint density at radius 2 is 1.82 bits per heavy atom. The lowest BCUT2D eigenvalue weighted by Gasteiger charge is -2.06. The minimum absolute atomic E-state index is 0.268. The summed E-state index contributed by atoms with van der Waals surface area (Å²) >= 11 is 0. The molecule has 4 aromatic rings. The van der Waals surface area contributed by atoms with Crippen molar-refractivity contribution in [3.8, 4) is 5.75 Å². The van der Waals surface area contributed by atoms with Crippen LogP contribution in [0.5, 0.6) is 5.75 Å². The Balaban J connectivity index is 1.21. The number of hydrogen-bond donors (Lipinski definition) is 0. The van der Waals surface area contributed by atoms with E-state index in [-0.39, 0.29) is 5.82 Å². The van der Waals surface area contributed by atoms with Crippen LogP contribution in [0.1, 0.15) is 46.8 Å². The van der Waals surface area contributed by atoms with Crippen LogP contribution < -0.4 is 4.74 Å². The molecule has 0 bridgehead atoms. The summed E-state index contributed by atoms with van der Waals surface area (Å²) in [7, 11) is 0. The summed E-state index contributed by atoms with van der Waals surface area (Å²) in [5.74, 6) is 0.917. The van der Waals surface area contributed by atoms with Crippen LogP contribution in [0.15, 0.2) is 71.5 Å². The van der Waals surface area contributed by atoms with Crippen molar-refractivity contribution >= 4 is 12.2 Å². The molecule has 5 nitrogen and oxygen atoms in total. The molecule has 0 fully saturated rings. The highest BCUT2D eigenvalue weighted by Gasteiger charge is 2.04. The van der Waals surface area contributed by atoms with E-state index in [2.05, 4.69) is 27.3 Å². The summed E-state index contributed by atoms with van der Waals surface area (Å²) in [4.78, 5) is 4.37. The lowest BCUT2D eigenvalue weighted by atomic mass is 10.1. The van der Waals surface area contributed by atoms with Crippen LogP contribution in [0.4, 0.5) is 4.39 Å². The Morgan fingerprint density at radius 1 is 0.970 bits per heavy atom. The summed E-state index contributed by atoms with van der Waals surface area (Å²) in [6.07, 6.45) is 10.7.